The van der Waals surface area contributed by atoms with Gasteiger partial charge in [0.25, 0.3) is 0 Å². The molecule has 1 aromatic carbocycles. The van der Waals surface area contributed by atoms with Crippen LogP contribution in [0.5, 0.6) is 0 Å². The quantitative estimate of drug-likeness (QED) is 0.892. The lowest BCUT2D eigenvalue weighted by Crippen LogP contribution is -2.34. The summed E-state index contributed by atoms with van der Waals surface area (Å²) in [5, 5.41) is 3.64. The third-order valence-electron chi connectivity index (χ3n) is 4.44. The van der Waals surface area contributed by atoms with Crippen LogP contribution in [-0.2, 0) is 13.5 Å². The maximum atomic E-state index is 4.79. The van der Waals surface area contributed by atoms with E-state index < -0.39 is 0 Å². The zero-order valence-corrected chi connectivity index (χ0v) is 12.1. The third kappa shape index (κ3) is 2.39. The van der Waals surface area contributed by atoms with E-state index in [1.54, 1.807) is 0 Å². The molecule has 1 aromatic heterocycles. The number of hydrogen-bond acceptors (Lipinski definition) is 2. The Morgan fingerprint density at radius 1 is 1.42 bits per heavy atom. The summed E-state index contributed by atoms with van der Waals surface area (Å²) in [6, 6.07) is 8.97. The zero-order chi connectivity index (χ0) is 13.4. The highest BCUT2D eigenvalue weighted by atomic mass is 15.1. The van der Waals surface area contributed by atoms with Crippen LogP contribution < -0.4 is 5.32 Å². The highest BCUT2D eigenvalue weighted by Crippen LogP contribution is 2.41. The average molecular weight is 257 g/mol. The van der Waals surface area contributed by atoms with E-state index in [1.165, 1.54) is 17.8 Å². The minimum Gasteiger partial charge on any atom is -0.331 e. The number of nitrogens with zero attached hydrogens (tertiary/aromatic N) is 2. The Morgan fingerprint density at radius 3 is 2.79 bits per heavy atom. The van der Waals surface area contributed by atoms with Crippen LogP contribution >= 0.6 is 0 Å². The fourth-order valence-corrected chi connectivity index (χ4v) is 3.12. The van der Waals surface area contributed by atoms with Gasteiger partial charge in [0.1, 0.15) is 5.82 Å². The number of para-hydroxylation sites is 2. The minimum atomic E-state index is 0.579. The van der Waals surface area contributed by atoms with Crippen LogP contribution in [0.1, 0.15) is 26.1 Å². The van der Waals surface area contributed by atoms with E-state index in [0.29, 0.717) is 6.04 Å². The Labute approximate surface area is 115 Å². The maximum Gasteiger partial charge on any atom is 0.111 e. The molecule has 3 heteroatoms. The highest BCUT2D eigenvalue weighted by molar-refractivity contribution is 5.75. The van der Waals surface area contributed by atoms with Crippen LogP contribution in [0, 0.1) is 11.8 Å². The smallest absolute Gasteiger partial charge is 0.111 e. The standard InChI is InChI=1S/C16H23N3/c1-4-17-14(12-9-11(12)2)10-16-18-13-7-5-6-8-15(13)19(16)3/h5-8,11-12,14,17H,4,9-10H2,1-3H3. The number of hydrogen-bond donors (Lipinski definition) is 1. The summed E-state index contributed by atoms with van der Waals surface area (Å²) in [5.74, 6) is 2.91. The Morgan fingerprint density at radius 2 is 2.16 bits per heavy atom. The average Bonchev–Trinajstić information content (AvgIpc) is 3.05. The van der Waals surface area contributed by atoms with Gasteiger partial charge in [0.2, 0.25) is 0 Å². The second-order valence-corrected chi connectivity index (χ2v) is 5.82. The van der Waals surface area contributed by atoms with Gasteiger partial charge in [-0.25, -0.2) is 4.98 Å². The van der Waals surface area contributed by atoms with E-state index >= 15 is 0 Å². The molecule has 1 heterocycles. The van der Waals surface area contributed by atoms with Gasteiger partial charge in [-0.05, 0) is 36.9 Å². The van der Waals surface area contributed by atoms with Crippen molar-refractivity contribution in [1.82, 2.24) is 14.9 Å². The summed E-state index contributed by atoms with van der Waals surface area (Å²) in [5.41, 5.74) is 2.34. The number of likely N-dealkylation sites (N-methyl/N-ethyl adjacent to an activating group) is 1. The molecule has 2 aromatic rings. The van der Waals surface area contributed by atoms with Gasteiger partial charge >= 0.3 is 0 Å². The first-order chi connectivity index (χ1) is 9.20. The van der Waals surface area contributed by atoms with Gasteiger partial charge in [-0.15, -0.1) is 0 Å². The number of rotatable bonds is 5. The third-order valence-corrected chi connectivity index (χ3v) is 4.44. The number of aryl methyl sites for hydroxylation is 1. The molecule has 3 unspecified atom stereocenters. The second kappa shape index (κ2) is 4.97. The summed E-state index contributed by atoms with van der Waals surface area (Å²) < 4.78 is 2.24. The molecule has 1 N–H and O–H groups in total. The van der Waals surface area contributed by atoms with Crippen LogP contribution in [0.15, 0.2) is 24.3 Å². The van der Waals surface area contributed by atoms with Crippen molar-refractivity contribution in [3.05, 3.63) is 30.1 Å². The van der Waals surface area contributed by atoms with E-state index in [0.717, 1.165) is 30.3 Å². The van der Waals surface area contributed by atoms with Gasteiger partial charge in [-0.3, -0.25) is 0 Å². The monoisotopic (exact) mass is 257 g/mol. The summed E-state index contributed by atoms with van der Waals surface area (Å²) in [6.07, 6.45) is 2.40. The molecule has 1 saturated carbocycles. The first kappa shape index (κ1) is 12.7. The molecule has 0 aliphatic heterocycles. The van der Waals surface area contributed by atoms with Crippen LogP contribution in [0.25, 0.3) is 11.0 Å². The number of imidazole rings is 1. The van der Waals surface area contributed by atoms with Gasteiger partial charge in [0.05, 0.1) is 11.0 Å². The molecule has 0 amide bonds. The molecule has 0 radical (unpaired) electrons. The van der Waals surface area contributed by atoms with E-state index in [9.17, 15) is 0 Å². The number of fused-ring (bicyclic) bond motifs is 1. The topological polar surface area (TPSA) is 29.9 Å². The first-order valence-corrected chi connectivity index (χ1v) is 7.34. The van der Waals surface area contributed by atoms with Crippen molar-refractivity contribution >= 4 is 11.0 Å². The zero-order valence-electron chi connectivity index (χ0n) is 12.1. The van der Waals surface area contributed by atoms with Gasteiger partial charge in [0, 0.05) is 19.5 Å². The van der Waals surface area contributed by atoms with Gasteiger partial charge in [-0.2, -0.15) is 0 Å². The highest BCUT2D eigenvalue weighted by Gasteiger charge is 2.39. The van der Waals surface area contributed by atoms with Crippen molar-refractivity contribution in [2.24, 2.45) is 18.9 Å². The van der Waals surface area contributed by atoms with Crippen molar-refractivity contribution in [3.63, 3.8) is 0 Å². The maximum absolute atomic E-state index is 4.79. The first-order valence-electron chi connectivity index (χ1n) is 7.34. The molecular formula is C16H23N3. The fraction of sp³-hybridized carbons (Fsp3) is 0.562. The van der Waals surface area contributed by atoms with Crippen molar-refractivity contribution in [2.75, 3.05) is 6.54 Å². The lowest BCUT2D eigenvalue weighted by Gasteiger charge is -2.17. The molecule has 3 atom stereocenters. The Kier molecular flexibility index (Phi) is 3.31. The largest absolute Gasteiger partial charge is 0.331 e. The van der Waals surface area contributed by atoms with Gasteiger partial charge < -0.3 is 9.88 Å². The molecule has 1 aliphatic carbocycles. The molecule has 0 saturated heterocycles. The van der Waals surface area contributed by atoms with E-state index in [1.807, 2.05) is 0 Å². The molecule has 0 spiro atoms. The second-order valence-electron chi connectivity index (χ2n) is 5.82. The SMILES string of the molecule is CCNC(Cc1nc2ccccc2n1C)C1CC1C. The molecule has 19 heavy (non-hydrogen) atoms. The van der Waals surface area contributed by atoms with E-state index in [2.05, 4.69) is 55.0 Å². The van der Waals surface area contributed by atoms with Crippen molar-refractivity contribution in [1.29, 1.82) is 0 Å². The minimum absolute atomic E-state index is 0.579. The van der Waals surface area contributed by atoms with Crippen LogP contribution in [-0.4, -0.2) is 22.1 Å². The summed E-state index contributed by atoms with van der Waals surface area (Å²) >= 11 is 0. The molecule has 3 nitrogen and oxygen atoms in total. The fourth-order valence-electron chi connectivity index (χ4n) is 3.12. The molecule has 1 fully saturated rings. The lowest BCUT2D eigenvalue weighted by molar-refractivity contribution is 0.443. The van der Waals surface area contributed by atoms with Crippen LogP contribution in [0.3, 0.4) is 0 Å². The molecule has 3 rings (SSSR count). The normalized spacial score (nSPS) is 23.7. The molecular weight excluding hydrogens is 234 g/mol. The predicted octanol–water partition coefficient (Wildman–Crippen LogP) is 2.75. The van der Waals surface area contributed by atoms with Crippen molar-refractivity contribution in [2.45, 2.75) is 32.7 Å². The van der Waals surface area contributed by atoms with E-state index in [4.69, 9.17) is 4.98 Å². The number of benzene rings is 1. The van der Waals surface area contributed by atoms with Crippen molar-refractivity contribution < 1.29 is 0 Å². The molecule has 102 valence electrons. The van der Waals surface area contributed by atoms with Crippen molar-refractivity contribution in [3.8, 4) is 0 Å². The van der Waals surface area contributed by atoms with Crippen LogP contribution in [0.4, 0.5) is 0 Å². The van der Waals surface area contributed by atoms with Crippen LogP contribution in [0.2, 0.25) is 0 Å². The Bertz CT molecular complexity index is 572. The predicted molar refractivity (Wildman–Crippen MR) is 79.2 cm³/mol. The summed E-state index contributed by atoms with van der Waals surface area (Å²) in [7, 11) is 2.13. The summed E-state index contributed by atoms with van der Waals surface area (Å²) in [6.45, 7) is 5.58. The van der Waals surface area contributed by atoms with E-state index in [-0.39, 0.29) is 0 Å². The summed E-state index contributed by atoms with van der Waals surface area (Å²) in [4.78, 5) is 4.79. The van der Waals surface area contributed by atoms with Gasteiger partial charge in [0.15, 0.2) is 0 Å². The lowest BCUT2D eigenvalue weighted by atomic mass is 10.1. The Balaban J connectivity index is 1.85. The number of nitrogens with one attached hydrogen (secondary N) is 1. The molecule has 0 bridgehead atoms. The molecule has 1 aliphatic rings. The van der Waals surface area contributed by atoms with Gasteiger partial charge in [-0.1, -0.05) is 26.0 Å². The Hall–Kier alpha value is -1.35. The number of aromatic nitrogens is 2.